The number of aromatic nitrogens is 3. The molecule has 2 aromatic carbocycles. The molecule has 0 aliphatic heterocycles. The third-order valence-corrected chi connectivity index (χ3v) is 5.05. The lowest BCUT2D eigenvalue weighted by Crippen LogP contribution is -2.13. The third kappa shape index (κ3) is 4.46. The first kappa shape index (κ1) is 20.7. The molecule has 31 heavy (non-hydrogen) atoms. The van der Waals surface area contributed by atoms with E-state index in [1.165, 1.54) is 18.2 Å². The van der Waals surface area contributed by atoms with E-state index in [9.17, 15) is 8.78 Å². The van der Waals surface area contributed by atoms with Crippen LogP contribution in [0.3, 0.4) is 0 Å². The fourth-order valence-corrected chi connectivity index (χ4v) is 3.58. The van der Waals surface area contributed by atoms with Gasteiger partial charge < -0.3 is 10.6 Å². The van der Waals surface area contributed by atoms with Gasteiger partial charge in [-0.2, -0.15) is 5.10 Å². The van der Waals surface area contributed by atoms with Crippen LogP contribution in [0, 0.1) is 11.6 Å². The van der Waals surface area contributed by atoms with Gasteiger partial charge in [-0.05, 0) is 61.6 Å². The molecule has 0 fully saturated rings. The van der Waals surface area contributed by atoms with Crippen LogP contribution in [0.5, 0.6) is 0 Å². The van der Waals surface area contributed by atoms with E-state index in [1.54, 1.807) is 17.1 Å². The van der Waals surface area contributed by atoms with Crippen molar-refractivity contribution >= 4 is 5.69 Å². The van der Waals surface area contributed by atoms with E-state index >= 15 is 0 Å². The Hall–Kier alpha value is -3.58. The van der Waals surface area contributed by atoms with Gasteiger partial charge in [0.05, 0.1) is 0 Å². The van der Waals surface area contributed by atoms with Crippen molar-refractivity contribution in [2.45, 2.75) is 13.0 Å². The summed E-state index contributed by atoms with van der Waals surface area (Å²) in [5.41, 5.74) is 10.4. The summed E-state index contributed by atoms with van der Waals surface area (Å²) in [5.74, 6) is -0.430. The SMILES string of the molecule is CN(C)Cc1cc(Cc2c(F)cccc2F)cc(-c2ccc(-n3cccn3)nc2)c1N. The smallest absolute Gasteiger partial charge is 0.153 e. The molecule has 0 saturated carbocycles. The van der Waals surface area contributed by atoms with Gasteiger partial charge in [0.25, 0.3) is 0 Å². The molecule has 0 aliphatic rings. The number of rotatable bonds is 6. The minimum atomic E-state index is -0.558. The Balaban J connectivity index is 1.77. The number of nitrogen functional groups attached to an aromatic ring is 1. The van der Waals surface area contributed by atoms with Gasteiger partial charge in [-0.15, -0.1) is 0 Å². The quantitative estimate of drug-likeness (QED) is 0.469. The highest BCUT2D eigenvalue weighted by Crippen LogP contribution is 2.32. The molecule has 0 radical (unpaired) electrons. The molecule has 0 aliphatic carbocycles. The van der Waals surface area contributed by atoms with Crippen LogP contribution in [0.25, 0.3) is 16.9 Å². The molecule has 158 valence electrons. The van der Waals surface area contributed by atoms with Crippen molar-refractivity contribution in [3.63, 3.8) is 0 Å². The van der Waals surface area contributed by atoms with E-state index in [1.807, 2.05) is 55.5 Å². The maximum Gasteiger partial charge on any atom is 0.153 e. The van der Waals surface area contributed by atoms with Gasteiger partial charge in [-0.1, -0.05) is 12.1 Å². The Morgan fingerprint density at radius 3 is 2.42 bits per heavy atom. The molecule has 0 spiro atoms. The van der Waals surface area contributed by atoms with Gasteiger partial charge in [0.2, 0.25) is 0 Å². The molecular weight excluding hydrogens is 396 g/mol. The van der Waals surface area contributed by atoms with E-state index in [2.05, 4.69) is 10.1 Å². The van der Waals surface area contributed by atoms with Crippen molar-refractivity contribution in [2.24, 2.45) is 0 Å². The number of pyridine rings is 1. The molecule has 2 aromatic heterocycles. The molecule has 2 heterocycles. The van der Waals surface area contributed by atoms with Crippen LogP contribution < -0.4 is 5.73 Å². The highest BCUT2D eigenvalue weighted by Gasteiger charge is 2.15. The summed E-state index contributed by atoms with van der Waals surface area (Å²) >= 11 is 0. The number of hydrogen-bond donors (Lipinski definition) is 1. The van der Waals surface area contributed by atoms with Crippen molar-refractivity contribution < 1.29 is 8.78 Å². The van der Waals surface area contributed by atoms with E-state index in [0.717, 1.165) is 22.3 Å². The number of hydrogen-bond acceptors (Lipinski definition) is 4. The summed E-state index contributed by atoms with van der Waals surface area (Å²) in [4.78, 5) is 6.49. The van der Waals surface area contributed by atoms with Crippen LogP contribution in [-0.4, -0.2) is 33.8 Å². The molecule has 7 heteroatoms. The highest BCUT2D eigenvalue weighted by atomic mass is 19.1. The zero-order chi connectivity index (χ0) is 22.0. The average Bonchev–Trinajstić information content (AvgIpc) is 3.28. The Labute approximate surface area is 179 Å². The molecule has 0 bridgehead atoms. The molecule has 0 amide bonds. The lowest BCUT2D eigenvalue weighted by Gasteiger charge is -2.18. The zero-order valence-corrected chi connectivity index (χ0v) is 17.4. The molecule has 4 rings (SSSR count). The maximum absolute atomic E-state index is 14.2. The predicted molar refractivity (Wildman–Crippen MR) is 118 cm³/mol. The molecule has 0 unspecified atom stereocenters. The van der Waals surface area contributed by atoms with Gasteiger partial charge in [0.15, 0.2) is 5.82 Å². The van der Waals surface area contributed by atoms with Crippen LogP contribution in [0.4, 0.5) is 14.5 Å². The maximum atomic E-state index is 14.2. The standard InChI is InChI=1S/C24H23F2N5/c1-30(2)15-18-11-16(13-20-21(25)5-3-6-22(20)26)12-19(24(18)27)17-7-8-23(28-14-17)31-10-4-9-29-31/h3-12,14H,13,15,27H2,1-2H3. The summed E-state index contributed by atoms with van der Waals surface area (Å²) in [6.07, 6.45) is 5.36. The Kier molecular flexibility index (Phi) is 5.77. The van der Waals surface area contributed by atoms with E-state index in [-0.39, 0.29) is 12.0 Å². The number of halogens is 2. The molecule has 4 aromatic rings. The van der Waals surface area contributed by atoms with Crippen LogP contribution >= 0.6 is 0 Å². The van der Waals surface area contributed by atoms with Crippen LogP contribution in [0.15, 0.2) is 67.1 Å². The number of anilines is 1. The first-order valence-electron chi connectivity index (χ1n) is 9.87. The average molecular weight is 419 g/mol. The van der Waals surface area contributed by atoms with Crippen LogP contribution in [0.1, 0.15) is 16.7 Å². The van der Waals surface area contributed by atoms with Gasteiger partial charge in [-0.3, -0.25) is 0 Å². The lowest BCUT2D eigenvalue weighted by atomic mass is 9.94. The number of benzene rings is 2. The normalized spacial score (nSPS) is 11.3. The van der Waals surface area contributed by atoms with Crippen molar-refractivity contribution in [3.8, 4) is 16.9 Å². The van der Waals surface area contributed by atoms with Crippen molar-refractivity contribution in [1.29, 1.82) is 0 Å². The predicted octanol–water partition coefficient (Wildman–Crippen LogP) is 4.45. The fraction of sp³-hybridized carbons (Fsp3) is 0.167. The first-order chi connectivity index (χ1) is 14.9. The Morgan fingerprint density at radius 2 is 1.81 bits per heavy atom. The minimum Gasteiger partial charge on any atom is -0.398 e. The molecule has 0 atom stereocenters. The molecular formula is C24H23F2N5. The van der Waals surface area contributed by atoms with Gasteiger partial charge in [0.1, 0.15) is 11.6 Å². The second kappa shape index (κ2) is 8.65. The largest absolute Gasteiger partial charge is 0.398 e. The first-order valence-corrected chi connectivity index (χ1v) is 9.87. The minimum absolute atomic E-state index is 0.0428. The highest BCUT2D eigenvalue weighted by molar-refractivity contribution is 5.79. The van der Waals surface area contributed by atoms with Crippen LogP contribution in [-0.2, 0) is 13.0 Å². The summed E-state index contributed by atoms with van der Waals surface area (Å²) in [5, 5.41) is 4.18. The topological polar surface area (TPSA) is 60.0 Å². The second-order valence-electron chi connectivity index (χ2n) is 7.69. The lowest BCUT2D eigenvalue weighted by molar-refractivity contribution is 0.403. The van der Waals surface area contributed by atoms with E-state index < -0.39 is 11.6 Å². The van der Waals surface area contributed by atoms with Gasteiger partial charge >= 0.3 is 0 Å². The molecule has 5 nitrogen and oxygen atoms in total. The van der Waals surface area contributed by atoms with E-state index in [0.29, 0.717) is 18.1 Å². The van der Waals surface area contributed by atoms with Crippen molar-refractivity contribution in [3.05, 3.63) is 95.4 Å². The van der Waals surface area contributed by atoms with Crippen molar-refractivity contribution in [2.75, 3.05) is 19.8 Å². The molecule has 2 N–H and O–H groups in total. The van der Waals surface area contributed by atoms with Crippen molar-refractivity contribution in [1.82, 2.24) is 19.7 Å². The zero-order valence-electron chi connectivity index (χ0n) is 17.4. The van der Waals surface area contributed by atoms with E-state index in [4.69, 9.17) is 5.73 Å². The summed E-state index contributed by atoms with van der Waals surface area (Å²) in [6, 6.07) is 13.3. The number of nitrogens with two attached hydrogens (primary N) is 1. The summed E-state index contributed by atoms with van der Waals surface area (Å²) in [7, 11) is 3.89. The molecule has 0 saturated heterocycles. The Morgan fingerprint density at radius 1 is 1.03 bits per heavy atom. The van der Waals surface area contributed by atoms with Gasteiger partial charge in [-0.25, -0.2) is 18.4 Å². The summed E-state index contributed by atoms with van der Waals surface area (Å²) < 4.78 is 30.1. The fourth-order valence-electron chi connectivity index (χ4n) is 3.58. The Bertz CT molecular complexity index is 1170. The monoisotopic (exact) mass is 419 g/mol. The second-order valence-corrected chi connectivity index (χ2v) is 7.69. The third-order valence-electron chi connectivity index (χ3n) is 5.05. The van der Waals surface area contributed by atoms with Gasteiger partial charge in [0, 0.05) is 53.9 Å². The number of nitrogens with zero attached hydrogens (tertiary/aromatic N) is 4. The van der Waals surface area contributed by atoms with Crippen LogP contribution in [0.2, 0.25) is 0 Å². The summed E-state index contributed by atoms with van der Waals surface area (Å²) in [6.45, 7) is 0.602.